The highest BCUT2D eigenvalue weighted by atomic mass is 16.3. The molecule has 112 valence electrons. The highest BCUT2D eigenvalue weighted by Crippen LogP contribution is 2.15. The summed E-state index contributed by atoms with van der Waals surface area (Å²) in [5.41, 5.74) is 0.0760. The third-order valence-corrected chi connectivity index (χ3v) is 3.57. The molecule has 20 heavy (non-hydrogen) atoms. The van der Waals surface area contributed by atoms with Gasteiger partial charge in [0.05, 0.1) is 6.10 Å². The summed E-state index contributed by atoms with van der Waals surface area (Å²) in [6.07, 6.45) is 2.73. The zero-order valence-corrected chi connectivity index (χ0v) is 12.5. The van der Waals surface area contributed by atoms with Crippen molar-refractivity contribution in [2.24, 2.45) is 0 Å². The molecule has 0 aromatic rings. The molecule has 1 aliphatic heterocycles. The van der Waals surface area contributed by atoms with Gasteiger partial charge in [0.2, 0.25) is 0 Å². The van der Waals surface area contributed by atoms with E-state index in [0.717, 1.165) is 25.9 Å². The van der Waals surface area contributed by atoms with Gasteiger partial charge in [0.1, 0.15) is 11.6 Å². The van der Waals surface area contributed by atoms with Gasteiger partial charge in [0.25, 0.3) is 5.91 Å². The molecule has 2 N–H and O–H groups in total. The molecule has 1 amide bonds. The van der Waals surface area contributed by atoms with Gasteiger partial charge in [-0.25, -0.2) is 0 Å². The molecule has 1 unspecified atom stereocenters. The van der Waals surface area contributed by atoms with Gasteiger partial charge >= 0.3 is 0 Å². The minimum atomic E-state index is -0.520. The van der Waals surface area contributed by atoms with Crippen LogP contribution in [-0.2, 0) is 4.79 Å². The van der Waals surface area contributed by atoms with E-state index in [9.17, 15) is 4.79 Å². The van der Waals surface area contributed by atoms with Crippen molar-refractivity contribution in [2.45, 2.75) is 31.9 Å². The van der Waals surface area contributed by atoms with Crippen molar-refractivity contribution in [1.29, 1.82) is 5.26 Å². The lowest BCUT2D eigenvalue weighted by Gasteiger charge is -2.35. The number of nitriles is 1. The molecule has 1 heterocycles. The molecule has 0 bridgehead atoms. The summed E-state index contributed by atoms with van der Waals surface area (Å²) >= 11 is 0. The van der Waals surface area contributed by atoms with Crippen molar-refractivity contribution in [3.63, 3.8) is 0 Å². The lowest BCUT2D eigenvalue weighted by molar-refractivity contribution is -0.128. The molecule has 1 atom stereocenters. The molecule has 1 rings (SSSR count). The lowest BCUT2D eigenvalue weighted by Crippen LogP contribution is -2.45. The SMILES string of the molecule is CC(O)CN/C=C(/C#N)C(=O)N(C)C1CCN(C)CC1. The van der Waals surface area contributed by atoms with E-state index in [1.165, 1.54) is 6.20 Å². The van der Waals surface area contributed by atoms with E-state index in [-0.39, 0.29) is 17.5 Å². The van der Waals surface area contributed by atoms with Crippen LogP contribution in [0.25, 0.3) is 0 Å². The minimum Gasteiger partial charge on any atom is -0.392 e. The fourth-order valence-corrected chi connectivity index (χ4v) is 2.21. The molecule has 0 aromatic carbocycles. The van der Waals surface area contributed by atoms with Crippen LogP contribution in [-0.4, -0.2) is 66.7 Å². The summed E-state index contributed by atoms with van der Waals surface area (Å²) in [5, 5.41) is 21.0. The quantitative estimate of drug-likeness (QED) is 0.544. The number of aliphatic hydroxyl groups is 1. The highest BCUT2D eigenvalue weighted by Gasteiger charge is 2.25. The maximum absolute atomic E-state index is 12.2. The standard InChI is InChI=1S/C14H24N4O2/c1-11(19)9-16-10-12(8-15)14(20)18(3)13-4-6-17(2)7-5-13/h10-11,13,16,19H,4-7,9H2,1-3H3/b12-10-. The first-order chi connectivity index (χ1) is 9.45. The first-order valence-electron chi connectivity index (χ1n) is 6.93. The number of nitrogens with one attached hydrogen (secondary N) is 1. The molecule has 1 saturated heterocycles. The van der Waals surface area contributed by atoms with E-state index >= 15 is 0 Å². The maximum Gasteiger partial charge on any atom is 0.265 e. The van der Waals surface area contributed by atoms with Crippen molar-refractivity contribution in [3.05, 3.63) is 11.8 Å². The highest BCUT2D eigenvalue weighted by molar-refractivity contribution is 5.97. The van der Waals surface area contributed by atoms with Gasteiger partial charge in [-0.2, -0.15) is 5.26 Å². The van der Waals surface area contributed by atoms with Crippen LogP contribution in [0.2, 0.25) is 0 Å². The molecule has 0 radical (unpaired) electrons. The summed E-state index contributed by atoms with van der Waals surface area (Å²) in [6, 6.07) is 2.11. The molecule has 0 aliphatic carbocycles. The zero-order chi connectivity index (χ0) is 15.1. The Morgan fingerprint density at radius 2 is 2.20 bits per heavy atom. The van der Waals surface area contributed by atoms with Crippen LogP contribution in [0.5, 0.6) is 0 Å². The molecule has 0 spiro atoms. The van der Waals surface area contributed by atoms with Gasteiger partial charge in [0.15, 0.2) is 0 Å². The number of aliphatic hydroxyl groups excluding tert-OH is 1. The Labute approximate surface area is 120 Å². The van der Waals surface area contributed by atoms with E-state index in [4.69, 9.17) is 10.4 Å². The number of nitrogens with zero attached hydrogens (tertiary/aromatic N) is 3. The zero-order valence-electron chi connectivity index (χ0n) is 12.5. The minimum absolute atomic E-state index is 0.0760. The second-order valence-corrected chi connectivity index (χ2v) is 5.38. The number of likely N-dealkylation sites (tertiary alicyclic amines) is 1. The van der Waals surface area contributed by atoms with E-state index in [0.29, 0.717) is 6.54 Å². The van der Waals surface area contributed by atoms with Crippen molar-refractivity contribution in [2.75, 3.05) is 33.7 Å². The largest absolute Gasteiger partial charge is 0.392 e. The second-order valence-electron chi connectivity index (χ2n) is 5.38. The van der Waals surface area contributed by atoms with E-state index in [1.54, 1.807) is 18.9 Å². The number of hydrogen-bond acceptors (Lipinski definition) is 5. The maximum atomic E-state index is 12.2. The fraction of sp³-hybridized carbons (Fsp3) is 0.714. The normalized spacial score (nSPS) is 19.2. The number of carbonyl (C=O) groups excluding carboxylic acids is 1. The van der Waals surface area contributed by atoms with Crippen LogP contribution in [0.4, 0.5) is 0 Å². The number of carbonyl (C=O) groups is 1. The summed E-state index contributed by atoms with van der Waals surface area (Å²) < 4.78 is 0. The molecule has 0 saturated carbocycles. The summed E-state index contributed by atoms with van der Waals surface area (Å²) in [7, 11) is 3.82. The topological polar surface area (TPSA) is 79.6 Å². The number of amides is 1. The molecule has 1 aliphatic rings. The Morgan fingerprint density at radius 3 is 2.70 bits per heavy atom. The monoisotopic (exact) mass is 280 g/mol. The number of piperidine rings is 1. The van der Waals surface area contributed by atoms with Gasteiger partial charge in [-0.1, -0.05) is 0 Å². The number of rotatable bonds is 5. The predicted octanol–water partition coefficient (Wildman–Crippen LogP) is -0.0831. The fourth-order valence-electron chi connectivity index (χ4n) is 2.21. The Bertz CT molecular complexity index is 392. The van der Waals surface area contributed by atoms with Crippen molar-refractivity contribution in [1.82, 2.24) is 15.1 Å². The first kappa shape index (κ1) is 16.5. The van der Waals surface area contributed by atoms with Gasteiger partial charge in [-0.15, -0.1) is 0 Å². The van der Waals surface area contributed by atoms with Crippen molar-refractivity contribution < 1.29 is 9.90 Å². The molecule has 6 nitrogen and oxygen atoms in total. The summed E-state index contributed by atoms with van der Waals surface area (Å²) in [6.45, 7) is 3.89. The molecular formula is C14H24N4O2. The van der Waals surface area contributed by atoms with Crippen molar-refractivity contribution >= 4 is 5.91 Å². The van der Waals surface area contributed by atoms with E-state index in [2.05, 4.69) is 17.3 Å². The van der Waals surface area contributed by atoms with Crippen LogP contribution >= 0.6 is 0 Å². The van der Waals surface area contributed by atoms with Gasteiger partial charge in [-0.3, -0.25) is 4.79 Å². The smallest absolute Gasteiger partial charge is 0.265 e. The summed E-state index contributed by atoms with van der Waals surface area (Å²) in [4.78, 5) is 16.1. The third-order valence-electron chi connectivity index (χ3n) is 3.57. The molecule has 1 fully saturated rings. The van der Waals surface area contributed by atoms with Gasteiger partial charge < -0.3 is 20.2 Å². The second kappa shape index (κ2) is 7.88. The van der Waals surface area contributed by atoms with Crippen LogP contribution in [0.3, 0.4) is 0 Å². The van der Waals surface area contributed by atoms with E-state index in [1.807, 2.05) is 6.07 Å². The van der Waals surface area contributed by atoms with Gasteiger partial charge in [0, 0.05) is 25.8 Å². The number of likely N-dealkylation sites (N-methyl/N-ethyl adjacent to an activating group) is 1. The van der Waals surface area contributed by atoms with Crippen molar-refractivity contribution in [3.8, 4) is 6.07 Å². The first-order valence-corrected chi connectivity index (χ1v) is 6.93. The Hall–Kier alpha value is -1.58. The molecule has 0 aromatic heterocycles. The van der Waals surface area contributed by atoms with E-state index < -0.39 is 6.10 Å². The average molecular weight is 280 g/mol. The van der Waals surface area contributed by atoms with Crippen LogP contribution < -0.4 is 5.32 Å². The number of hydrogen-bond donors (Lipinski definition) is 2. The van der Waals surface area contributed by atoms with Crippen LogP contribution in [0.1, 0.15) is 19.8 Å². The van der Waals surface area contributed by atoms with Gasteiger partial charge in [-0.05, 0) is 39.9 Å². The van der Waals surface area contributed by atoms with Crippen LogP contribution in [0, 0.1) is 11.3 Å². The summed E-state index contributed by atoms with van der Waals surface area (Å²) in [5.74, 6) is -0.264. The predicted molar refractivity (Wildman–Crippen MR) is 76.7 cm³/mol. The molecule has 6 heteroatoms. The third kappa shape index (κ3) is 4.83. The lowest BCUT2D eigenvalue weighted by atomic mass is 10.0. The Morgan fingerprint density at radius 1 is 1.60 bits per heavy atom. The Balaban J connectivity index is 2.59. The average Bonchev–Trinajstić information content (AvgIpc) is 2.42. The Kier molecular flexibility index (Phi) is 6.49. The van der Waals surface area contributed by atoms with Crippen LogP contribution in [0.15, 0.2) is 11.8 Å². The molecular weight excluding hydrogens is 256 g/mol.